The number of aryl methyl sites for hydroxylation is 2. The number of rotatable bonds is 3. The maximum atomic E-state index is 5.42. The highest BCUT2D eigenvalue weighted by atomic mass is 79.9. The minimum Gasteiger partial charge on any atom is -0.271 e. The highest BCUT2D eigenvalue weighted by molar-refractivity contribution is 9.10. The van der Waals surface area contributed by atoms with Crippen LogP contribution in [0.1, 0.15) is 22.7 Å². The molecular formula is C11H15BrN2. The molecule has 1 atom stereocenters. The lowest BCUT2D eigenvalue weighted by atomic mass is 10.0. The van der Waals surface area contributed by atoms with Gasteiger partial charge in [0.25, 0.3) is 0 Å². The quantitative estimate of drug-likeness (QED) is 0.495. The van der Waals surface area contributed by atoms with E-state index in [9.17, 15) is 0 Å². The first kappa shape index (κ1) is 11.4. The minimum absolute atomic E-state index is 0.0144. The number of nitrogens with two attached hydrogens (primary N) is 1. The molecule has 1 rings (SSSR count). The van der Waals surface area contributed by atoms with E-state index in [1.54, 1.807) is 6.08 Å². The van der Waals surface area contributed by atoms with Crippen molar-refractivity contribution in [3.8, 4) is 0 Å². The van der Waals surface area contributed by atoms with Crippen molar-refractivity contribution in [1.82, 2.24) is 5.43 Å². The van der Waals surface area contributed by atoms with Gasteiger partial charge in [0.05, 0.1) is 6.04 Å². The summed E-state index contributed by atoms with van der Waals surface area (Å²) in [7, 11) is 0. The van der Waals surface area contributed by atoms with E-state index in [1.807, 2.05) is 0 Å². The monoisotopic (exact) mass is 254 g/mol. The zero-order valence-electron chi connectivity index (χ0n) is 8.47. The standard InChI is InChI=1S/C11H15BrN2/c1-4-10(14-13)9-5-7(2)11(12)8(3)6-9/h4-6,10,14H,1,13H2,2-3H3. The molecule has 2 nitrogen and oxygen atoms in total. The first-order valence-electron chi connectivity index (χ1n) is 4.45. The fourth-order valence-electron chi connectivity index (χ4n) is 1.46. The smallest absolute Gasteiger partial charge is 0.0638 e. The third kappa shape index (κ3) is 2.23. The summed E-state index contributed by atoms with van der Waals surface area (Å²) in [6, 6.07) is 4.22. The van der Waals surface area contributed by atoms with Crippen LogP contribution in [0.25, 0.3) is 0 Å². The summed E-state index contributed by atoms with van der Waals surface area (Å²) in [6.07, 6.45) is 1.79. The van der Waals surface area contributed by atoms with Gasteiger partial charge in [-0.15, -0.1) is 6.58 Å². The summed E-state index contributed by atoms with van der Waals surface area (Å²) in [5, 5.41) is 0. The van der Waals surface area contributed by atoms with Crippen molar-refractivity contribution < 1.29 is 0 Å². The number of halogens is 1. The average Bonchev–Trinajstić information content (AvgIpc) is 2.16. The maximum absolute atomic E-state index is 5.42. The van der Waals surface area contributed by atoms with Crippen molar-refractivity contribution in [1.29, 1.82) is 0 Å². The van der Waals surface area contributed by atoms with Crippen molar-refractivity contribution in [2.24, 2.45) is 5.84 Å². The Balaban J connectivity index is 3.17. The van der Waals surface area contributed by atoms with Crippen molar-refractivity contribution in [3.05, 3.63) is 46.0 Å². The van der Waals surface area contributed by atoms with Gasteiger partial charge in [0.15, 0.2) is 0 Å². The molecule has 0 aliphatic rings. The lowest BCUT2D eigenvalue weighted by Crippen LogP contribution is -2.26. The predicted octanol–water partition coefficient (Wildman–Crippen LogP) is 2.76. The Labute approximate surface area is 93.3 Å². The third-order valence-electron chi connectivity index (χ3n) is 2.23. The van der Waals surface area contributed by atoms with Gasteiger partial charge in [-0.1, -0.05) is 34.1 Å². The fourth-order valence-corrected chi connectivity index (χ4v) is 1.69. The van der Waals surface area contributed by atoms with Crippen molar-refractivity contribution in [2.45, 2.75) is 19.9 Å². The maximum Gasteiger partial charge on any atom is 0.0638 e. The fraction of sp³-hybridized carbons (Fsp3) is 0.273. The van der Waals surface area contributed by atoms with Gasteiger partial charge in [-0.2, -0.15) is 0 Å². The minimum atomic E-state index is 0.0144. The van der Waals surface area contributed by atoms with Gasteiger partial charge < -0.3 is 0 Å². The Morgan fingerprint density at radius 2 is 1.93 bits per heavy atom. The largest absolute Gasteiger partial charge is 0.271 e. The second-order valence-electron chi connectivity index (χ2n) is 3.35. The molecule has 0 saturated carbocycles. The number of hydrazine groups is 1. The molecule has 1 aromatic rings. The first-order chi connectivity index (χ1) is 6.60. The molecule has 0 spiro atoms. The topological polar surface area (TPSA) is 38.0 Å². The number of hydrogen-bond acceptors (Lipinski definition) is 2. The van der Waals surface area contributed by atoms with Gasteiger partial charge in [-0.3, -0.25) is 5.84 Å². The summed E-state index contributed by atoms with van der Waals surface area (Å²) in [4.78, 5) is 0. The summed E-state index contributed by atoms with van der Waals surface area (Å²) in [5.74, 6) is 5.42. The molecule has 3 N–H and O–H groups in total. The van der Waals surface area contributed by atoms with Crippen molar-refractivity contribution in [2.75, 3.05) is 0 Å². The summed E-state index contributed by atoms with van der Waals surface area (Å²) < 4.78 is 1.15. The van der Waals surface area contributed by atoms with Crippen LogP contribution >= 0.6 is 15.9 Å². The van der Waals surface area contributed by atoms with E-state index in [4.69, 9.17) is 5.84 Å². The van der Waals surface area contributed by atoms with Crippen molar-refractivity contribution in [3.63, 3.8) is 0 Å². The Morgan fingerprint density at radius 1 is 1.43 bits per heavy atom. The van der Waals surface area contributed by atoms with Crippen LogP contribution in [0, 0.1) is 13.8 Å². The molecule has 1 aromatic carbocycles. The van der Waals surface area contributed by atoms with Crippen LogP contribution in [0.4, 0.5) is 0 Å². The number of nitrogens with one attached hydrogen (secondary N) is 1. The molecule has 3 heteroatoms. The molecule has 0 aliphatic heterocycles. The van der Waals surface area contributed by atoms with Crippen molar-refractivity contribution >= 4 is 15.9 Å². The van der Waals surface area contributed by atoms with E-state index in [1.165, 1.54) is 11.1 Å². The van der Waals surface area contributed by atoms with E-state index in [0.29, 0.717) is 0 Å². The predicted molar refractivity (Wildman–Crippen MR) is 63.9 cm³/mol. The number of benzene rings is 1. The van der Waals surface area contributed by atoms with Crippen LogP contribution in [-0.4, -0.2) is 0 Å². The Bertz CT molecular complexity index is 324. The highest BCUT2D eigenvalue weighted by Gasteiger charge is 2.08. The van der Waals surface area contributed by atoms with E-state index in [2.05, 4.69) is 53.9 Å². The highest BCUT2D eigenvalue weighted by Crippen LogP contribution is 2.25. The molecule has 14 heavy (non-hydrogen) atoms. The molecule has 76 valence electrons. The van der Waals surface area contributed by atoms with Crippen LogP contribution in [0.15, 0.2) is 29.3 Å². The van der Waals surface area contributed by atoms with Gasteiger partial charge in [0, 0.05) is 4.47 Å². The molecule has 0 aliphatic carbocycles. The first-order valence-corrected chi connectivity index (χ1v) is 5.24. The Kier molecular flexibility index (Phi) is 3.86. The summed E-state index contributed by atoms with van der Waals surface area (Å²) in [6.45, 7) is 7.87. The van der Waals surface area contributed by atoms with Gasteiger partial charge in [0.1, 0.15) is 0 Å². The lowest BCUT2D eigenvalue weighted by Gasteiger charge is -2.14. The normalized spacial score (nSPS) is 12.6. The van der Waals surface area contributed by atoms with E-state index < -0.39 is 0 Å². The molecule has 0 aromatic heterocycles. The van der Waals surface area contributed by atoms with Crippen LogP contribution in [0.3, 0.4) is 0 Å². The second-order valence-corrected chi connectivity index (χ2v) is 4.14. The molecule has 0 bridgehead atoms. The second kappa shape index (κ2) is 4.73. The van der Waals surface area contributed by atoms with Crippen LogP contribution < -0.4 is 11.3 Å². The summed E-state index contributed by atoms with van der Waals surface area (Å²) in [5.41, 5.74) is 6.27. The van der Waals surface area contributed by atoms with Gasteiger partial charge >= 0.3 is 0 Å². The molecule has 0 amide bonds. The molecule has 0 heterocycles. The molecule has 0 saturated heterocycles. The van der Waals surface area contributed by atoms with E-state index in [0.717, 1.165) is 10.0 Å². The van der Waals surface area contributed by atoms with Gasteiger partial charge in [-0.05, 0) is 30.5 Å². The Hall–Kier alpha value is -0.640. The van der Waals surface area contributed by atoms with Crippen LogP contribution in [0.5, 0.6) is 0 Å². The SMILES string of the molecule is C=CC(NN)c1cc(C)c(Br)c(C)c1. The number of hydrogen-bond donors (Lipinski definition) is 2. The Morgan fingerprint density at radius 3 is 2.29 bits per heavy atom. The van der Waals surface area contributed by atoms with Gasteiger partial charge in [0.2, 0.25) is 0 Å². The van der Waals surface area contributed by atoms with Gasteiger partial charge in [-0.25, -0.2) is 5.43 Å². The van der Waals surface area contributed by atoms with E-state index >= 15 is 0 Å². The van der Waals surface area contributed by atoms with Crippen LogP contribution in [0.2, 0.25) is 0 Å². The third-order valence-corrected chi connectivity index (χ3v) is 3.48. The zero-order chi connectivity index (χ0) is 10.7. The molecule has 1 unspecified atom stereocenters. The van der Waals surface area contributed by atoms with E-state index in [-0.39, 0.29) is 6.04 Å². The average molecular weight is 255 g/mol. The molecule has 0 fully saturated rings. The lowest BCUT2D eigenvalue weighted by molar-refractivity contribution is 0.655. The zero-order valence-corrected chi connectivity index (χ0v) is 10.1. The van der Waals surface area contributed by atoms with Crippen LogP contribution in [-0.2, 0) is 0 Å². The summed E-state index contributed by atoms with van der Waals surface area (Å²) >= 11 is 3.53. The molecular weight excluding hydrogens is 240 g/mol. The molecule has 0 radical (unpaired) electrons.